The van der Waals surface area contributed by atoms with E-state index in [0.717, 1.165) is 4.90 Å². The number of hydrogen-bond acceptors (Lipinski definition) is 5. The lowest BCUT2D eigenvalue weighted by molar-refractivity contribution is -0.156. The van der Waals surface area contributed by atoms with Gasteiger partial charge in [0.05, 0.1) is 18.4 Å². The number of amides is 2. The van der Waals surface area contributed by atoms with Gasteiger partial charge in [0.25, 0.3) is 0 Å². The van der Waals surface area contributed by atoms with Crippen molar-refractivity contribution in [3.05, 3.63) is 35.6 Å². The number of carbonyl (C=O) groups is 3. The van der Waals surface area contributed by atoms with E-state index in [1.807, 2.05) is 0 Å². The molecule has 1 aromatic carbocycles. The number of likely N-dealkylation sites (tertiary alicyclic amines) is 1. The molecular weight excluding hydrogens is 327 g/mol. The highest BCUT2D eigenvalue weighted by molar-refractivity contribution is 6.09. The first kappa shape index (κ1) is 17.5. The van der Waals surface area contributed by atoms with Crippen LogP contribution in [-0.4, -0.2) is 41.9 Å². The van der Waals surface area contributed by atoms with Crippen LogP contribution < -0.4 is 5.32 Å². The van der Waals surface area contributed by atoms with Gasteiger partial charge in [-0.1, -0.05) is 19.1 Å². The molecule has 0 spiro atoms. The molecule has 3 rings (SSSR count). The van der Waals surface area contributed by atoms with E-state index < -0.39 is 35.2 Å². The first-order valence-electron chi connectivity index (χ1n) is 8.39. The van der Waals surface area contributed by atoms with Gasteiger partial charge in [0.1, 0.15) is 11.4 Å². The summed E-state index contributed by atoms with van der Waals surface area (Å²) in [6.45, 7) is 3.65. The standard InChI is InChI=1S/C18H21FN2O4/c1-4-18(17(24)25-5-2)13-12(15(22)21(3)16(13)23)14(20-18)10-6-8-11(19)9-7-10/h6-9,12-14,20H,4-5H2,1-3H3/t12-,13+,14-,18-/m0/s1. The van der Waals surface area contributed by atoms with Crippen molar-refractivity contribution in [2.45, 2.75) is 31.8 Å². The van der Waals surface area contributed by atoms with E-state index in [0.29, 0.717) is 12.0 Å². The molecule has 1 aromatic rings. The number of esters is 1. The lowest BCUT2D eigenvalue weighted by Crippen LogP contribution is -2.55. The summed E-state index contributed by atoms with van der Waals surface area (Å²) in [7, 11) is 1.43. The number of rotatable bonds is 4. The van der Waals surface area contributed by atoms with Gasteiger partial charge in [-0.15, -0.1) is 0 Å². The van der Waals surface area contributed by atoms with Crippen molar-refractivity contribution in [1.82, 2.24) is 10.2 Å². The fourth-order valence-electron chi connectivity index (χ4n) is 4.02. The third-order valence-electron chi connectivity index (χ3n) is 5.30. The summed E-state index contributed by atoms with van der Waals surface area (Å²) in [6.07, 6.45) is 0.303. The predicted octanol–water partition coefficient (Wildman–Crippen LogP) is 1.41. The molecule has 2 heterocycles. The van der Waals surface area contributed by atoms with Gasteiger partial charge < -0.3 is 4.74 Å². The molecule has 25 heavy (non-hydrogen) atoms. The largest absolute Gasteiger partial charge is 0.465 e. The number of halogens is 1. The van der Waals surface area contributed by atoms with Gasteiger partial charge in [0, 0.05) is 13.1 Å². The van der Waals surface area contributed by atoms with Gasteiger partial charge in [-0.25, -0.2) is 4.39 Å². The highest BCUT2D eigenvalue weighted by Gasteiger charge is 2.67. The Balaban J connectivity index is 2.10. The van der Waals surface area contributed by atoms with Crippen LogP contribution in [0.2, 0.25) is 0 Å². The van der Waals surface area contributed by atoms with Crippen LogP contribution in [0.3, 0.4) is 0 Å². The van der Waals surface area contributed by atoms with Crippen LogP contribution >= 0.6 is 0 Å². The van der Waals surface area contributed by atoms with E-state index >= 15 is 0 Å². The van der Waals surface area contributed by atoms with E-state index in [4.69, 9.17) is 4.74 Å². The molecule has 2 saturated heterocycles. The minimum atomic E-state index is -1.27. The van der Waals surface area contributed by atoms with Crippen LogP contribution in [0.15, 0.2) is 24.3 Å². The number of nitrogens with one attached hydrogen (secondary N) is 1. The minimum Gasteiger partial charge on any atom is -0.465 e. The summed E-state index contributed by atoms with van der Waals surface area (Å²) in [5.41, 5.74) is -0.607. The lowest BCUT2D eigenvalue weighted by atomic mass is 9.78. The summed E-state index contributed by atoms with van der Waals surface area (Å²) in [5.74, 6) is -3.19. The fourth-order valence-corrected chi connectivity index (χ4v) is 4.02. The monoisotopic (exact) mass is 348 g/mol. The second-order valence-corrected chi connectivity index (χ2v) is 6.46. The number of carbonyl (C=O) groups excluding carboxylic acids is 3. The van der Waals surface area contributed by atoms with Crippen LogP contribution in [-0.2, 0) is 19.1 Å². The maximum absolute atomic E-state index is 13.3. The molecule has 0 unspecified atom stereocenters. The van der Waals surface area contributed by atoms with Crippen LogP contribution in [0.5, 0.6) is 0 Å². The molecule has 0 aliphatic carbocycles. The van der Waals surface area contributed by atoms with Crippen molar-refractivity contribution < 1.29 is 23.5 Å². The molecule has 134 valence electrons. The molecule has 7 heteroatoms. The average Bonchev–Trinajstić information content (AvgIpc) is 3.06. The van der Waals surface area contributed by atoms with E-state index in [9.17, 15) is 18.8 Å². The maximum Gasteiger partial charge on any atom is 0.327 e. The van der Waals surface area contributed by atoms with E-state index in [1.165, 1.54) is 19.2 Å². The Morgan fingerprint density at radius 2 is 1.88 bits per heavy atom. The van der Waals surface area contributed by atoms with Gasteiger partial charge in [0.2, 0.25) is 11.8 Å². The Morgan fingerprint density at radius 1 is 1.24 bits per heavy atom. The zero-order chi connectivity index (χ0) is 18.4. The van der Waals surface area contributed by atoms with Gasteiger partial charge in [-0.05, 0) is 31.0 Å². The molecule has 0 aromatic heterocycles. The third-order valence-corrected chi connectivity index (χ3v) is 5.30. The van der Waals surface area contributed by atoms with Crippen molar-refractivity contribution in [3.8, 4) is 0 Å². The van der Waals surface area contributed by atoms with E-state index in [-0.39, 0.29) is 18.4 Å². The van der Waals surface area contributed by atoms with Gasteiger partial charge >= 0.3 is 5.97 Å². The smallest absolute Gasteiger partial charge is 0.327 e. The lowest BCUT2D eigenvalue weighted by Gasteiger charge is -2.31. The molecule has 2 aliphatic heterocycles. The molecule has 0 radical (unpaired) electrons. The second kappa shape index (κ2) is 6.22. The van der Waals surface area contributed by atoms with E-state index in [2.05, 4.69) is 5.32 Å². The Labute approximate surface area is 145 Å². The number of imide groups is 1. The number of fused-ring (bicyclic) bond motifs is 1. The highest BCUT2D eigenvalue weighted by atomic mass is 19.1. The molecular formula is C18H21FN2O4. The summed E-state index contributed by atoms with van der Waals surface area (Å²) >= 11 is 0. The highest BCUT2D eigenvalue weighted by Crippen LogP contribution is 2.50. The topological polar surface area (TPSA) is 75.7 Å². The third kappa shape index (κ3) is 2.45. The normalized spacial score (nSPS) is 31.4. The zero-order valence-electron chi connectivity index (χ0n) is 14.4. The second-order valence-electron chi connectivity index (χ2n) is 6.46. The Bertz CT molecular complexity index is 720. The zero-order valence-corrected chi connectivity index (χ0v) is 14.4. The molecule has 2 fully saturated rings. The van der Waals surface area contributed by atoms with Crippen molar-refractivity contribution in [2.75, 3.05) is 13.7 Å². The maximum atomic E-state index is 13.3. The predicted molar refractivity (Wildman–Crippen MR) is 86.7 cm³/mol. The van der Waals surface area contributed by atoms with Crippen molar-refractivity contribution in [1.29, 1.82) is 0 Å². The first-order valence-corrected chi connectivity index (χ1v) is 8.39. The van der Waals surface area contributed by atoms with Crippen molar-refractivity contribution in [2.24, 2.45) is 11.8 Å². The molecule has 6 nitrogen and oxygen atoms in total. The van der Waals surface area contributed by atoms with Crippen molar-refractivity contribution >= 4 is 17.8 Å². The van der Waals surface area contributed by atoms with Gasteiger partial charge in [0.15, 0.2) is 0 Å². The molecule has 0 bridgehead atoms. The van der Waals surface area contributed by atoms with Crippen LogP contribution in [0.4, 0.5) is 4.39 Å². The van der Waals surface area contributed by atoms with Gasteiger partial charge in [-0.3, -0.25) is 24.6 Å². The summed E-state index contributed by atoms with van der Waals surface area (Å²) in [4.78, 5) is 39.2. The summed E-state index contributed by atoms with van der Waals surface area (Å²) in [6, 6.07) is 5.17. The quantitative estimate of drug-likeness (QED) is 0.658. The SMILES string of the molecule is CCOC(=O)[C@@]1(CC)N[C@@H](c2ccc(F)cc2)[C@H]2C(=O)N(C)C(=O)[C@@H]21. The molecule has 0 saturated carbocycles. The number of ether oxygens (including phenoxy) is 1. The number of hydrogen-bond donors (Lipinski definition) is 1. The van der Waals surface area contributed by atoms with Crippen LogP contribution in [0, 0.1) is 17.7 Å². The van der Waals surface area contributed by atoms with Crippen LogP contribution in [0.1, 0.15) is 31.9 Å². The number of nitrogens with zero attached hydrogens (tertiary/aromatic N) is 1. The van der Waals surface area contributed by atoms with Gasteiger partial charge in [-0.2, -0.15) is 0 Å². The van der Waals surface area contributed by atoms with Crippen molar-refractivity contribution in [3.63, 3.8) is 0 Å². The number of benzene rings is 1. The Kier molecular flexibility index (Phi) is 4.36. The summed E-state index contributed by atoms with van der Waals surface area (Å²) in [5, 5.41) is 3.19. The van der Waals surface area contributed by atoms with E-state index in [1.54, 1.807) is 26.0 Å². The first-order chi connectivity index (χ1) is 11.9. The summed E-state index contributed by atoms with van der Waals surface area (Å²) < 4.78 is 18.5. The fraction of sp³-hybridized carbons (Fsp3) is 0.500. The average molecular weight is 348 g/mol. The minimum absolute atomic E-state index is 0.179. The Morgan fingerprint density at radius 3 is 2.44 bits per heavy atom. The molecule has 2 amide bonds. The van der Waals surface area contributed by atoms with Crippen LogP contribution in [0.25, 0.3) is 0 Å². The Hall–Kier alpha value is -2.28. The molecule has 2 aliphatic rings. The molecule has 4 atom stereocenters. The molecule has 1 N–H and O–H groups in total.